The third kappa shape index (κ3) is 4.82. The number of amides is 1. The molecule has 1 unspecified atom stereocenters. The minimum absolute atomic E-state index is 0.0739. The second-order valence-electron chi connectivity index (χ2n) is 8.41. The van der Waals surface area contributed by atoms with Gasteiger partial charge in [0.15, 0.2) is 11.5 Å². The predicted octanol–water partition coefficient (Wildman–Crippen LogP) is 5.33. The van der Waals surface area contributed by atoms with Gasteiger partial charge in [0.1, 0.15) is 18.1 Å². The van der Waals surface area contributed by atoms with Crippen molar-refractivity contribution in [2.24, 2.45) is 5.92 Å². The van der Waals surface area contributed by atoms with Crippen molar-refractivity contribution in [2.45, 2.75) is 46.3 Å². The molecule has 174 valence electrons. The summed E-state index contributed by atoms with van der Waals surface area (Å²) in [7, 11) is 3.20. The molecule has 1 saturated carbocycles. The van der Waals surface area contributed by atoms with Crippen LogP contribution in [-0.2, 0) is 6.61 Å². The van der Waals surface area contributed by atoms with Crippen LogP contribution < -0.4 is 19.1 Å². The van der Waals surface area contributed by atoms with Gasteiger partial charge in [0.25, 0.3) is 5.91 Å². The molecule has 0 N–H and O–H groups in total. The van der Waals surface area contributed by atoms with Crippen LogP contribution in [0.1, 0.15) is 47.1 Å². The summed E-state index contributed by atoms with van der Waals surface area (Å²) in [6.07, 6.45) is 2.28. The Morgan fingerprint density at radius 2 is 1.82 bits per heavy atom. The maximum absolute atomic E-state index is 13.7. The lowest BCUT2D eigenvalue weighted by atomic mass is 10.1. The molecular weight excluding hydrogens is 420 g/mol. The Bertz CT molecular complexity index is 1100. The number of benzene rings is 2. The molecule has 1 aromatic heterocycles. The first-order chi connectivity index (χ1) is 15.9. The van der Waals surface area contributed by atoms with Gasteiger partial charge in [-0.2, -0.15) is 0 Å². The minimum atomic E-state index is -0.0739. The van der Waals surface area contributed by atoms with E-state index in [0.29, 0.717) is 29.6 Å². The molecule has 33 heavy (non-hydrogen) atoms. The lowest BCUT2D eigenvalue weighted by Gasteiger charge is -2.30. The summed E-state index contributed by atoms with van der Waals surface area (Å²) in [5.41, 5.74) is 3.08. The van der Waals surface area contributed by atoms with E-state index in [0.717, 1.165) is 41.3 Å². The molecule has 4 rings (SSSR count). The van der Waals surface area contributed by atoms with E-state index >= 15 is 0 Å². The number of nitrogens with zero attached hydrogens (tertiary/aromatic N) is 2. The molecule has 0 aliphatic heterocycles. The van der Waals surface area contributed by atoms with E-state index < -0.39 is 0 Å². The molecule has 1 heterocycles. The van der Waals surface area contributed by atoms with Crippen LogP contribution in [0, 0.1) is 19.8 Å². The van der Waals surface area contributed by atoms with Crippen molar-refractivity contribution in [3.05, 3.63) is 65.0 Å². The van der Waals surface area contributed by atoms with Gasteiger partial charge in [-0.1, -0.05) is 5.16 Å². The van der Waals surface area contributed by atoms with Crippen molar-refractivity contribution < 1.29 is 23.5 Å². The lowest BCUT2D eigenvalue weighted by Crippen LogP contribution is -2.40. The Morgan fingerprint density at radius 3 is 2.39 bits per heavy atom. The minimum Gasteiger partial charge on any atom is -0.497 e. The molecule has 0 saturated heterocycles. The van der Waals surface area contributed by atoms with Crippen LogP contribution in [0.3, 0.4) is 0 Å². The summed E-state index contributed by atoms with van der Waals surface area (Å²) in [6, 6.07) is 13.0. The molecule has 1 fully saturated rings. The Kier molecular flexibility index (Phi) is 6.58. The first-order valence-corrected chi connectivity index (χ1v) is 11.1. The zero-order valence-electron chi connectivity index (χ0n) is 19.8. The van der Waals surface area contributed by atoms with E-state index in [-0.39, 0.29) is 11.9 Å². The number of methoxy groups -OCH3 is 2. The molecule has 0 spiro atoms. The first kappa shape index (κ1) is 22.7. The molecule has 1 amide bonds. The summed E-state index contributed by atoms with van der Waals surface area (Å²) >= 11 is 0. The van der Waals surface area contributed by atoms with Gasteiger partial charge in [0.05, 0.1) is 25.5 Å². The summed E-state index contributed by atoms with van der Waals surface area (Å²) in [4.78, 5) is 15.5. The summed E-state index contributed by atoms with van der Waals surface area (Å²) in [5, 5.41) is 3.96. The van der Waals surface area contributed by atoms with Gasteiger partial charge in [-0.15, -0.1) is 0 Å². The number of hydrogen-bond acceptors (Lipinski definition) is 6. The van der Waals surface area contributed by atoms with E-state index in [9.17, 15) is 4.79 Å². The van der Waals surface area contributed by atoms with Crippen molar-refractivity contribution in [3.63, 3.8) is 0 Å². The van der Waals surface area contributed by atoms with E-state index in [1.54, 1.807) is 32.4 Å². The third-order valence-electron chi connectivity index (χ3n) is 6.24. The summed E-state index contributed by atoms with van der Waals surface area (Å²) in [5.74, 6) is 2.97. The number of carbonyl (C=O) groups excluding carboxylic acids is 1. The van der Waals surface area contributed by atoms with Crippen LogP contribution in [0.25, 0.3) is 0 Å². The smallest absolute Gasteiger partial charge is 0.258 e. The molecule has 0 radical (unpaired) electrons. The quantitative estimate of drug-likeness (QED) is 0.439. The third-order valence-corrected chi connectivity index (χ3v) is 6.24. The highest BCUT2D eigenvalue weighted by atomic mass is 16.5. The second kappa shape index (κ2) is 9.57. The topological polar surface area (TPSA) is 74.0 Å². The molecule has 2 aromatic carbocycles. The second-order valence-corrected chi connectivity index (χ2v) is 8.41. The molecular formula is C26H30N2O5. The molecule has 7 nitrogen and oxygen atoms in total. The summed E-state index contributed by atoms with van der Waals surface area (Å²) < 4.78 is 22.0. The SMILES string of the molecule is COc1ccc(N(C(=O)c2ccc(OCc3c(C)noc3C)c(OC)c2)C(C)C2CC2)cc1. The fourth-order valence-electron chi connectivity index (χ4n) is 3.99. The normalized spacial score (nSPS) is 14.0. The van der Waals surface area contributed by atoms with Gasteiger partial charge in [-0.25, -0.2) is 0 Å². The zero-order chi connectivity index (χ0) is 23.5. The monoisotopic (exact) mass is 450 g/mol. The van der Waals surface area contributed by atoms with Crippen LogP contribution in [-0.4, -0.2) is 31.3 Å². The average Bonchev–Trinajstić information content (AvgIpc) is 3.64. The van der Waals surface area contributed by atoms with Gasteiger partial charge >= 0.3 is 0 Å². The highest BCUT2D eigenvalue weighted by Crippen LogP contribution is 2.38. The van der Waals surface area contributed by atoms with Gasteiger partial charge in [-0.05, 0) is 82.0 Å². The highest BCUT2D eigenvalue weighted by Gasteiger charge is 2.35. The summed E-state index contributed by atoms with van der Waals surface area (Å²) in [6.45, 7) is 6.15. The number of anilines is 1. The molecule has 7 heteroatoms. The molecule has 1 atom stereocenters. The van der Waals surface area contributed by atoms with Crippen LogP contribution in [0.5, 0.6) is 17.2 Å². The van der Waals surface area contributed by atoms with Crippen molar-refractivity contribution in [2.75, 3.05) is 19.1 Å². The number of ether oxygens (including phenoxy) is 3. The van der Waals surface area contributed by atoms with E-state index in [2.05, 4.69) is 12.1 Å². The van der Waals surface area contributed by atoms with Crippen LogP contribution >= 0.6 is 0 Å². The largest absolute Gasteiger partial charge is 0.497 e. The standard InChI is InChI=1S/C26H30N2O5/c1-16-23(18(3)33-27-16)15-32-24-13-8-20(14-25(24)31-5)26(29)28(17(2)19-6-7-19)21-9-11-22(30-4)12-10-21/h8-14,17,19H,6-7,15H2,1-5H3. The van der Waals surface area contributed by atoms with Gasteiger partial charge < -0.3 is 23.6 Å². The zero-order valence-corrected chi connectivity index (χ0v) is 19.8. The maximum atomic E-state index is 13.7. The molecule has 1 aliphatic rings. The maximum Gasteiger partial charge on any atom is 0.258 e. The molecule has 0 bridgehead atoms. The Morgan fingerprint density at radius 1 is 1.09 bits per heavy atom. The Labute approximate surface area is 194 Å². The van der Waals surface area contributed by atoms with Gasteiger partial charge in [0.2, 0.25) is 0 Å². The number of hydrogen-bond donors (Lipinski definition) is 0. The van der Waals surface area contributed by atoms with Crippen molar-refractivity contribution >= 4 is 11.6 Å². The number of rotatable bonds is 9. The van der Waals surface area contributed by atoms with E-state index in [1.165, 1.54) is 0 Å². The highest BCUT2D eigenvalue weighted by molar-refractivity contribution is 6.07. The fourth-order valence-corrected chi connectivity index (χ4v) is 3.99. The lowest BCUT2D eigenvalue weighted by molar-refractivity contribution is 0.0975. The van der Waals surface area contributed by atoms with Gasteiger partial charge in [-0.3, -0.25) is 4.79 Å². The first-order valence-electron chi connectivity index (χ1n) is 11.1. The molecule has 3 aromatic rings. The van der Waals surface area contributed by atoms with Crippen molar-refractivity contribution in [1.29, 1.82) is 0 Å². The van der Waals surface area contributed by atoms with Gasteiger partial charge in [0, 0.05) is 17.3 Å². The predicted molar refractivity (Wildman–Crippen MR) is 125 cm³/mol. The number of aryl methyl sites for hydroxylation is 2. The average molecular weight is 451 g/mol. The number of carbonyl (C=O) groups is 1. The molecule has 1 aliphatic carbocycles. The van der Waals surface area contributed by atoms with Crippen LogP contribution in [0.4, 0.5) is 5.69 Å². The van der Waals surface area contributed by atoms with Crippen molar-refractivity contribution in [3.8, 4) is 17.2 Å². The van der Waals surface area contributed by atoms with E-state index in [4.69, 9.17) is 18.7 Å². The number of aromatic nitrogens is 1. The Hall–Kier alpha value is -3.48. The van der Waals surface area contributed by atoms with E-state index in [1.807, 2.05) is 43.0 Å². The van der Waals surface area contributed by atoms with Crippen LogP contribution in [0.15, 0.2) is 47.0 Å². The Balaban J connectivity index is 1.59. The van der Waals surface area contributed by atoms with Crippen molar-refractivity contribution in [1.82, 2.24) is 5.16 Å². The van der Waals surface area contributed by atoms with Crippen LogP contribution in [0.2, 0.25) is 0 Å². The fraction of sp³-hybridized carbons (Fsp3) is 0.385.